The number of hydrogen-bond donors (Lipinski definition) is 0. The average Bonchev–Trinajstić information content (AvgIpc) is 3.14. The molecule has 0 N–H and O–H groups in total. The van der Waals surface area contributed by atoms with E-state index in [-0.39, 0.29) is 0 Å². The monoisotopic (exact) mass is 322 g/mol. The van der Waals surface area contributed by atoms with Crippen LogP contribution in [0.2, 0.25) is 0 Å². The highest BCUT2D eigenvalue weighted by molar-refractivity contribution is 5.75. The topological polar surface area (TPSA) is 61.4 Å². The predicted octanol–water partition coefficient (Wildman–Crippen LogP) is 2.59. The number of halogens is 1. The maximum absolute atomic E-state index is 13.4. The molecule has 4 aromatic rings. The van der Waals surface area contributed by atoms with Gasteiger partial charge in [0.05, 0.1) is 17.4 Å². The maximum Gasteiger partial charge on any atom is 0.214 e. The van der Waals surface area contributed by atoms with E-state index < -0.39 is 5.95 Å². The summed E-state index contributed by atoms with van der Waals surface area (Å²) in [4.78, 5) is 12.8. The van der Waals surface area contributed by atoms with Crippen LogP contribution in [-0.4, -0.2) is 29.3 Å². The largest absolute Gasteiger partial charge is 0.331 e. The number of hydrogen-bond acceptors (Lipinski definition) is 4. The van der Waals surface area contributed by atoms with Crippen LogP contribution in [0.3, 0.4) is 0 Å². The van der Waals surface area contributed by atoms with E-state index >= 15 is 0 Å². The molecular weight excluding hydrogens is 307 g/mol. The predicted molar refractivity (Wildman–Crippen MR) is 87.4 cm³/mol. The SMILES string of the molecule is Cc1cc2c(cn1)nc(Cc1ccnn1-c1cccc(F)n1)n2C. The van der Waals surface area contributed by atoms with Crippen LogP contribution in [0.5, 0.6) is 0 Å². The van der Waals surface area contributed by atoms with Crippen LogP contribution in [0.1, 0.15) is 17.2 Å². The van der Waals surface area contributed by atoms with E-state index in [4.69, 9.17) is 0 Å². The third-order valence-electron chi connectivity index (χ3n) is 3.97. The third kappa shape index (κ3) is 2.44. The van der Waals surface area contributed by atoms with E-state index in [9.17, 15) is 4.39 Å². The summed E-state index contributed by atoms with van der Waals surface area (Å²) in [7, 11) is 1.98. The Balaban J connectivity index is 1.75. The van der Waals surface area contributed by atoms with E-state index in [2.05, 4.69) is 20.1 Å². The zero-order valence-corrected chi connectivity index (χ0v) is 13.3. The molecule has 6 nitrogen and oxygen atoms in total. The van der Waals surface area contributed by atoms with Gasteiger partial charge in [0.1, 0.15) is 11.3 Å². The van der Waals surface area contributed by atoms with Gasteiger partial charge in [0.15, 0.2) is 5.82 Å². The van der Waals surface area contributed by atoms with Gasteiger partial charge in [0.25, 0.3) is 0 Å². The highest BCUT2D eigenvalue weighted by Gasteiger charge is 2.13. The Morgan fingerprint density at radius 1 is 1.17 bits per heavy atom. The molecule has 0 aromatic carbocycles. The van der Waals surface area contributed by atoms with Crippen molar-refractivity contribution in [1.82, 2.24) is 29.3 Å². The summed E-state index contributed by atoms with van der Waals surface area (Å²) in [6, 6.07) is 8.55. The molecule has 0 spiro atoms. The molecule has 120 valence electrons. The lowest BCUT2D eigenvalue weighted by Gasteiger charge is -2.07. The Hall–Kier alpha value is -3.09. The molecule has 0 aliphatic heterocycles. The molecule has 0 radical (unpaired) electrons. The minimum atomic E-state index is -0.529. The van der Waals surface area contributed by atoms with Crippen molar-refractivity contribution in [3.05, 3.63) is 65.9 Å². The molecule has 0 aliphatic rings. The van der Waals surface area contributed by atoms with Crippen molar-refractivity contribution in [3.63, 3.8) is 0 Å². The van der Waals surface area contributed by atoms with E-state index in [0.717, 1.165) is 28.2 Å². The van der Waals surface area contributed by atoms with E-state index in [1.54, 1.807) is 29.2 Å². The molecule has 4 heterocycles. The van der Waals surface area contributed by atoms with Gasteiger partial charge in [-0.25, -0.2) is 14.6 Å². The molecular formula is C17H15FN6. The molecule has 24 heavy (non-hydrogen) atoms. The normalized spacial score (nSPS) is 11.3. The van der Waals surface area contributed by atoms with Gasteiger partial charge < -0.3 is 4.57 Å². The molecule has 0 saturated heterocycles. The minimum absolute atomic E-state index is 0.450. The highest BCUT2D eigenvalue weighted by Crippen LogP contribution is 2.18. The molecule has 4 aromatic heterocycles. The fourth-order valence-electron chi connectivity index (χ4n) is 2.75. The number of aromatic nitrogens is 6. The summed E-state index contributed by atoms with van der Waals surface area (Å²) in [5, 5.41) is 4.26. The Morgan fingerprint density at radius 2 is 2.04 bits per heavy atom. The van der Waals surface area contributed by atoms with Crippen LogP contribution >= 0.6 is 0 Å². The minimum Gasteiger partial charge on any atom is -0.331 e. The van der Waals surface area contributed by atoms with Gasteiger partial charge in [-0.2, -0.15) is 9.49 Å². The van der Waals surface area contributed by atoms with E-state index in [1.807, 2.05) is 30.7 Å². The van der Waals surface area contributed by atoms with Crippen LogP contribution < -0.4 is 0 Å². The van der Waals surface area contributed by atoms with Crippen LogP contribution in [0.25, 0.3) is 16.9 Å². The summed E-state index contributed by atoms with van der Waals surface area (Å²) < 4.78 is 17.1. The second kappa shape index (κ2) is 5.52. The number of rotatable bonds is 3. The summed E-state index contributed by atoms with van der Waals surface area (Å²) in [6.07, 6.45) is 4.01. The summed E-state index contributed by atoms with van der Waals surface area (Å²) in [5.74, 6) is 0.806. The second-order valence-corrected chi connectivity index (χ2v) is 5.63. The Kier molecular flexibility index (Phi) is 3.34. The van der Waals surface area contributed by atoms with Crippen molar-refractivity contribution in [2.45, 2.75) is 13.3 Å². The summed E-state index contributed by atoms with van der Waals surface area (Å²) >= 11 is 0. The molecule has 0 amide bonds. The van der Waals surface area contributed by atoms with Crippen molar-refractivity contribution >= 4 is 11.0 Å². The lowest BCUT2D eigenvalue weighted by Crippen LogP contribution is -2.08. The Bertz CT molecular complexity index is 1030. The third-order valence-corrected chi connectivity index (χ3v) is 3.97. The maximum atomic E-state index is 13.4. The lowest BCUT2D eigenvalue weighted by molar-refractivity contribution is 0.576. The molecule has 4 rings (SSSR count). The molecule has 0 aliphatic carbocycles. The Labute approximate surface area is 137 Å². The van der Waals surface area contributed by atoms with E-state index in [1.165, 1.54) is 6.07 Å². The first-order chi connectivity index (χ1) is 11.6. The van der Waals surface area contributed by atoms with Crippen molar-refractivity contribution in [2.24, 2.45) is 7.05 Å². The van der Waals surface area contributed by atoms with Crippen molar-refractivity contribution in [3.8, 4) is 5.82 Å². The molecule has 7 heteroatoms. The van der Waals surface area contributed by atoms with Crippen LogP contribution in [0.15, 0.2) is 42.7 Å². The van der Waals surface area contributed by atoms with Crippen LogP contribution in [0.4, 0.5) is 4.39 Å². The zero-order chi connectivity index (χ0) is 16.7. The number of imidazole rings is 1. The van der Waals surface area contributed by atoms with Gasteiger partial charge in [-0.05, 0) is 31.2 Å². The van der Waals surface area contributed by atoms with Gasteiger partial charge in [-0.3, -0.25) is 4.98 Å². The quantitative estimate of drug-likeness (QED) is 0.544. The number of nitrogens with zero attached hydrogens (tertiary/aromatic N) is 6. The molecule has 0 saturated carbocycles. The van der Waals surface area contributed by atoms with Gasteiger partial charge in [0.2, 0.25) is 5.95 Å². The standard InChI is InChI=1S/C17H15FN6/c1-11-8-14-13(10-19-11)21-17(23(14)2)9-12-6-7-20-24(12)16-5-3-4-15(18)22-16/h3-8,10H,9H2,1-2H3. The van der Waals surface area contributed by atoms with Gasteiger partial charge >= 0.3 is 0 Å². The summed E-state index contributed by atoms with van der Waals surface area (Å²) in [5.41, 5.74) is 3.72. The molecule has 0 atom stereocenters. The number of fused-ring (bicyclic) bond motifs is 1. The lowest BCUT2D eigenvalue weighted by atomic mass is 10.3. The molecule has 0 fully saturated rings. The fourth-order valence-corrected chi connectivity index (χ4v) is 2.75. The van der Waals surface area contributed by atoms with Gasteiger partial charge in [0, 0.05) is 25.4 Å². The first kappa shape index (κ1) is 14.5. The van der Waals surface area contributed by atoms with E-state index in [0.29, 0.717) is 12.2 Å². The fraction of sp³-hybridized carbons (Fsp3) is 0.176. The Morgan fingerprint density at radius 3 is 2.88 bits per heavy atom. The zero-order valence-electron chi connectivity index (χ0n) is 13.3. The van der Waals surface area contributed by atoms with Crippen molar-refractivity contribution in [2.75, 3.05) is 0 Å². The van der Waals surface area contributed by atoms with Crippen LogP contribution in [-0.2, 0) is 13.5 Å². The number of pyridine rings is 2. The average molecular weight is 322 g/mol. The van der Waals surface area contributed by atoms with Crippen molar-refractivity contribution < 1.29 is 4.39 Å². The summed E-state index contributed by atoms with van der Waals surface area (Å²) in [6.45, 7) is 1.96. The smallest absolute Gasteiger partial charge is 0.214 e. The first-order valence-electron chi connectivity index (χ1n) is 7.55. The number of aryl methyl sites for hydroxylation is 2. The van der Waals surface area contributed by atoms with Gasteiger partial charge in [-0.15, -0.1) is 0 Å². The highest BCUT2D eigenvalue weighted by atomic mass is 19.1. The van der Waals surface area contributed by atoms with Crippen molar-refractivity contribution in [1.29, 1.82) is 0 Å². The second-order valence-electron chi connectivity index (χ2n) is 5.63. The van der Waals surface area contributed by atoms with Gasteiger partial charge in [-0.1, -0.05) is 6.07 Å². The molecule has 0 unspecified atom stereocenters. The molecule has 0 bridgehead atoms. The first-order valence-corrected chi connectivity index (χ1v) is 7.55. The van der Waals surface area contributed by atoms with Crippen LogP contribution in [0, 0.1) is 12.9 Å².